The smallest absolute Gasteiger partial charge is 0.220 e. The van der Waals surface area contributed by atoms with Crippen molar-refractivity contribution >= 4 is 27.7 Å². The molecule has 0 aliphatic carbocycles. The van der Waals surface area contributed by atoms with Crippen LogP contribution in [0.5, 0.6) is 0 Å². The van der Waals surface area contributed by atoms with Crippen LogP contribution in [0.3, 0.4) is 0 Å². The Morgan fingerprint density at radius 1 is 1.04 bits per heavy atom. The number of rotatable bonds is 5. The number of carbonyl (C=O) groups excluding carboxylic acids is 1. The third-order valence-corrected chi connectivity index (χ3v) is 4.29. The van der Waals surface area contributed by atoms with Gasteiger partial charge in [0.2, 0.25) is 5.91 Å². The van der Waals surface area contributed by atoms with E-state index in [1.165, 1.54) is 5.39 Å². The Labute approximate surface area is 145 Å². The molecule has 5 nitrogen and oxygen atoms in total. The van der Waals surface area contributed by atoms with Gasteiger partial charge in [-0.2, -0.15) is 0 Å². The Morgan fingerprint density at radius 3 is 2.76 bits per heavy atom. The number of aromatic amines is 1. The number of benzene rings is 1. The Bertz CT molecular complexity index is 1020. The first-order chi connectivity index (χ1) is 12.3. The summed E-state index contributed by atoms with van der Waals surface area (Å²) in [6.45, 7) is 0.524. The number of H-pyrrole nitrogens is 1. The molecule has 0 bridgehead atoms. The third-order valence-electron chi connectivity index (χ3n) is 4.29. The summed E-state index contributed by atoms with van der Waals surface area (Å²) in [6.07, 6.45) is 6.34. The van der Waals surface area contributed by atoms with Crippen molar-refractivity contribution < 1.29 is 4.79 Å². The SMILES string of the molecule is O=C(CCc1cc2c(cn1)[nH]c1ccccc12)NCc1ccncc1. The molecule has 3 aromatic heterocycles. The summed E-state index contributed by atoms with van der Waals surface area (Å²) in [6, 6.07) is 14.1. The molecule has 0 fully saturated rings. The number of para-hydroxylation sites is 1. The largest absolute Gasteiger partial charge is 0.353 e. The minimum atomic E-state index is 0.0256. The van der Waals surface area contributed by atoms with Gasteiger partial charge in [-0.1, -0.05) is 18.2 Å². The van der Waals surface area contributed by atoms with E-state index in [0.717, 1.165) is 27.7 Å². The average molecular weight is 330 g/mol. The van der Waals surface area contributed by atoms with Gasteiger partial charge in [0.1, 0.15) is 0 Å². The van der Waals surface area contributed by atoms with E-state index in [9.17, 15) is 4.79 Å². The maximum Gasteiger partial charge on any atom is 0.220 e. The summed E-state index contributed by atoms with van der Waals surface area (Å²) in [5.41, 5.74) is 4.09. The van der Waals surface area contributed by atoms with Gasteiger partial charge in [-0.25, -0.2) is 0 Å². The summed E-state index contributed by atoms with van der Waals surface area (Å²) in [5, 5.41) is 5.26. The lowest BCUT2D eigenvalue weighted by Gasteiger charge is -2.05. The standard InChI is InChI=1S/C20H18N4O/c25-20(23-12-14-7-9-21-10-8-14)6-5-15-11-17-16-3-1-2-4-18(16)24-19(17)13-22-15/h1-4,7-11,13,24H,5-6,12H2,(H,23,25). The molecule has 0 atom stereocenters. The molecule has 3 heterocycles. The number of carbonyl (C=O) groups is 1. The van der Waals surface area contributed by atoms with Gasteiger partial charge in [0.05, 0.1) is 11.7 Å². The quantitative estimate of drug-likeness (QED) is 0.589. The molecular formula is C20H18N4O. The number of hydrogen-bond donors (Lipinski definition) is 2. The van der Waals surface area contributed by atoms with Crippen LogP contribution in [0.2, 0.25) is 0 Å². The zero-order valence-electron chi connectivity index (χ0n) is 13.7. The number of aromatic nitrogens is 3. The summed E-state index contributed by atoms with van der Waals surface area (Å²) in [5.74, 6) is 0.0256. The van der Waals surface area contributed by atoms with Crippen LogP contribution >= 0.6 is 0 Å². The van der Waals surface area contributed by atoms with Crippen LogP contribution in [-0.2, 0) is 17.8 Å². The second kappa shape index (κ2) is 6.73. The molecule has 0 spiro atoms. The lowest BCUT2D eigenvalue weighted by molar-refractivity contribution is -0.121. The Morgan fingerprint density at radius 2 is 1.88 bits per heavy atom. The maximum absolute atomic E-state index is 12.1. The number of pyridine rings is 2. The van der Waals surface area contributed by atoms with Crippen molar-refractivity contribution in [1.82, 2.24) is 20.3 Å². The molecule has 0 aliphatic rings. The van der Waals surface area contributed by atoms with Crippen molar-refractivity contribution in [3.63, 3.8) is 0 Å². The van der Waals surface area contributed by atoms with Crippen LogP contribution in [0.25, 0.3) is 21.8 Å². The monoisotopic (exact) mass is 330 g/mol. The molecule has 1 aromatic carbocycles. The minimum Gasteiger partial charge on any atom is -0.353 e. The summed E-state index contributed by atoms with van der Waals surface area (Å²) < 4.78 is 0. The van der Waals surface area contributed by atoms with Crippen molar-refractivity contribution in [2.75, 3.05) is 0 Å². The van der Waals surface area contributed by atoms with Crippen molar-refractivity contribution in [1.29, 1.82) is 0 Å². The summed E-state index contributed by atoms with van der Waals surface area (Å²) in [7, 11) is 0. The van der Waals surface area contributed by atoms with Crippen LogP contribution in [0.1, 0.15) is 17.7 Å². The number of nitrogens with one attached hydrogen (secondary N) is 2. The molecular weight excluding hydrogens is 312 g/mol. The van der Waals surface area contributed by atoms with Gasteiger partial charge in [-0.3, -0.25) is 14.8 Å². The normalized spacial score (nSPS) is 11.0. The zero-order valence-corrected chi connectivity index (χ0v) is 13.7. The highest BCUT2D eigenvalue weighted by Crippen LogP contribution is 2.25. The minimum absolute atomic E-state index is 0.0256. The molecule has 4 aromatic rings. The first-order valence-corrected chi connectivity index (χ1v) is 8.30. The Hall–Kier alpha value is -3.21. The fraction of sp³-hybridized carbons (Fsp3) is 0.150. The third kappa shape index (κ3) is 3.35. The van der Waals surface area contributed by atoms with E-state index < -0.39 is 0 Å². The highest BCUT2D eigenvalue weighted by atomic mass is 16.1. The number of hydrogen-bond acceptors (Lipinski definition) is 3. The van der Waals surface area contributed by atoms with Crippen LogP contribution < -0.4 is 5.32 Å². The Kier molecular flexibility index (Phi) is 4.12. The van der Waals surface area contributed by atoms with Crippen molar-refractivity contribution in [3.8, 4) is 0 Å². The van der Waals surface area contributed by atoms with Gasteiger partial charge >= 0.3 is 0 Å². The van der Waals surface area contributed by atoms with Gasteiger partial charge < -0.3 is 10.3 Å². The van der Waals surface area contributed by atoms with Crippen LogP contribution in [-0.4, -0.2) is 20.9 Å². The van der Waals surface area contributed by atoms with Crippen molar-refractivity contribution in [3.05, 3.63) is 72.3 Å². The van der Waals surface area contributed by atoms with E-state index in [2.05, 4.69) is 38.5 Å². The molecule has 124 valence electrons. The van der Waals surface area contributed by atoms with Gasteiger partial charge in [0.15, 0.2) is 0 Å². The van der Waals surface area contributed by atoms with Crippen molar-refractivity contribution in [2.24, 2.45) is 0 Å². The number of fused-ring (bicyclic) bond motifs is 3. The lowest BCUT2D eigenvalue weighted by atomic mass is 10.1. The Balaban J connectivity index is 1.42. The average Bonchev–Trinajstić information content (AvgIpc) is 3.03. The maximum atomic E-state index is 12.1. The van der Waals surface area contributed by atoms with E-state index in [1.54, 1.807) is 12.4 Å². The molecule has 5 heteroatoms. The predicted molar refractivity (Wildman–Crippen MR) is 98.0 cm³/mol. The first kappa shape index (κ1) is 15.3. The molecule has 4 rings (SSSR count). The van der Waals surface area contributed by atoms with Crippen LogP contribution in [0, 0.1) is 0 Å². The van der Waals surface area contributed by atoms with Gasteiger partial charge in [-0.05, 0) is 36.2 Å². The lowest BCUT2D eigenvalue weighted by Crippen LogP contribution is -2.23. The predicted octanol–water partition coefficient (Wildman–Crippen LogP) is 3.36. The second-order valence-electron chi connectivity index (χ2n) is 6.02. The summed E-state index contributed by atoms with van der Waals surface area (Å²) >= 11 is 0. The van der Waals surface area contributed by atoms with Crippen molar-refractivity contribution in [2.45, 2.75) is 19.4 Å². The zero-order chi connectivity index (χ0) is 17.1. The van der Waals surface area contributed by atoms with E-state index in [0.29, 0.717) is 19.4 Å². The first-order valence-electron chi connectivity index (χ1n) is 8.30. The van der Waals surface area contributed by atoms with Gasteiger partial charge in [0, 0.05) is 47.3 Å². The molecule has 0 radical (unpaired) electrons. The van der Waals surface area contributed by atoms with E-state index in [4.69, 9.17) is 0 Å². The molecule has 1 amide bonds. The van der Waals surface area contributed by atoms with E-state index in [1.807, 2.05) is 30.5 Å². The van der Waals surface area contributed by atoms with E-state index in [-0.39, 0.29) is 5.91 Å². The molecule has 0 unspecified atom stereocenters. The summed E-state index contributed by atoms with van der Waals surface area (Å²) in [4.78, 5) is 23.9. The number of aryl methyl sites for hydroxylation is 1. The number of amides is 1. The fourth-order valence-corrected chi connectivity index (χ4v) is 2.96. The molecule has 0 aliphatic heterocycles. The molecule has 0 saturated carbocycles. The second-order valence-corrected chi connectivity index (χ2v) is 6.02. The molecule has 0 saturated heterocycles. The number of nitrogens with zero attached hydrogens (tertiary/aromatic N) is 2. The van der Waals surface area contributed by atoms with Gasteiger partial charge in [-0.15, -0.1) is 0 Å². The van der Waals surface area contributed by atoms with Crippen LogP contribution in [0.15, 0.2) is 61.1 Å². The highest BCUT2D eigenvalue weighted by Gasteiger charge is 2.07. The highest BCUT2D eigenvalue weighted by molar-refractivity contribution is 6.06. The molecule has 2 N–H and O–H groups in total. The fourth-order valence-electron chi connectivity index (χ4n) is 2.96. The van der Waals surface area contributed by atoms with Gasteiger partial charge in [0.25, 0.3) is 0 Å². The van der Waals surface area contributed by atoms with Crippen LogP contribution in [0.4, 0.5) is 0 Å². The van der Waals surface area contributed by atoms with E-state index >= 15 is 0 Å². The topological polar surface area (TPSA) is 70.7 Å². The molecule has 25 heavy (non-hydrogen) atoms.